The molecule has 0 spiro atoms. The van der Waals surface area contributed by atoms with Crippen molar-refractivity contribution in [3.05, 3.63) is 79.4 Å². The van der Waals surface area contributed by atoms with Gasteiger partial charge in [-0.15, -0.1) is 13.2 Å². The standard InChI is InChI=1S/C19H26N3O/c1-4-6-18(8-12-20)11-15-23-17-21(3)16-22-13-9-19(7-5-2)10-14-22/h4-5,8-15,20H,1-2,6-7,16-17H2,3H3/q+1/b15-11-,18-8-,20-12?. The topological polar surface area (TPSA) is 40.2 Å². The van der Waals surface area contributed by atoms with Gasteiger partial charge in [-0.3, -0.25) is 0 Å². The van der Waals surface area contributed by atoms with E-state index in [-0.39, 0.29) is 0 Å². The van der Waals surface area contributed by atoms with Crippen LogP contribution in [0.1, 0.15) is 12.0 Å². The maximum Gasteiger partial charge on any atom is 0.206 e. The fourth-order valence-electron chi connectivity index (χ4n) is 1.98. The Hall–Kier alpha value is -2.46. The van der Waals surface area contributed by atoms with Gasteiger partial charge in [0.25, 0.3) is 0 Å². The zero-order chi connectivity index (χ0) is 16.9. The van der Waals surface area contributed by atoms with Crippen molar-refractivity contribution >= 4 is 6.21 Å². The lowest BCUT2D eigenvalue weighted by Gasteiger charge is -2.12. The molecule has 0 saturated heterocycles. The Balaban J connectivity index is 2.40. The smallest absolute Gasteiger partial charge is 0.206 e. The maximum absolute atomic E-state index is 7.10. The molecule has 0 atom stereocenters. The summed E-state index contributed by atoms with van der Waals surface area (Å²) in [5, 5.41) is 7.10. The summed E-state index contributed by atoms with van der Waals surface area (Å²) >= 11 is 0. The van der Waals surface area contributed by atoms with Gasteiger partial charge in [0.1, 0.15) is 6.73 Å². The lowest BCUT2D eigenvalue weighted by atomic mass is 10.2. The van der Waals surface area contributed by atoms with Gasteiger partial charge in [0.15, 0.2) is 12.4 Å². The number of nitrogens with one attached hydrogen (secondary N) is 1. The lowest BCUT2D eigenvalue weighted by Crippen LogP contribution is -2.42. The molecule has 1 N–H and O–H groups in total. The molecule has 122 valence electrons. The molecule has 0 aliphatic carbocycles. The predicted molar refractivity (Wildman–Crippen MR) is 95.1 cm³/mol. The van der Waals surface area contributed by atoms with Crippen LogP contribution in [-0.4, -0.2) is 24.9 Å². The van der Waals surface area contributed by atoms with Gasteiger partial charge in [0.05, 0.1) is 6.26 Å². The van der Waals surface area contributed by atoms with Gasteiger partial charge in [0, 0.05) is 18.3 Å². The van der Waals surface area contributed by atoms with Gasteiger partial charge in [-0.05, 0) is 43.2 Å². The predicted octanol–water partition coefficient (Wildman–Crippen LogP) is 3.23. The molecular formula is C19H26N3O+. The molecule has 0 aromatic carbocycles. The monoisotopic (exact) mass is 312 g/mol. The SMILES string of the molecule is C=CCC(/C=C\OCN(C)C[n+]1ccc(CC=C)cc1)=C/C=N. The summed E-state index contributed by atoms with van der Waals surface area (Å²) < 4.78 is 7.62. The summed E-state index contributed by atoms with van der Waals surface area (Å²) in [5.41, 5.74) is 2.25. The largest absolute Gasteiger partial charge is 0.486 e. The molecular weight excluding hydrogens is 286 g/mol. The van der Waals surface area contributed by atoms with E-state index in [1.807, 2.05) is 19.2 Å². The van der Waals surface area contributed by atoms with E-state index in [1.54, 1.807) is 18.4 Å². The molecule has 0 aliphatic rings. The van der Waals surface area contributed by atoms with Crippen LogP contribution in [0.15, 0.2) is 73.8 Å². The van der Waals surface area contributed by atoms with Gasteiger partial charge in [-0.1, -0.05) is 12.2 Å². The van der Waals surface area contributed by atoms with Crippen molar-refractivity contribution in [2.24, 2.45) is 0 Å². The molecule has 4 heteroatoms. The average Bonchev–Trinajstić information content (AvgIpc) is 2.54. The molecule has 1 heterocycles. The normalized spacial score (nSPS) is 11.7. The summed E-state index contributed by atoms with van der Waals surface area (Å²) in [6, 6.07) is 4.19. The van der Waals surface area contributed by atoms with Gasteiger partial charge in [-0.25, -0.2) is 4.90 Å². The summed E-state index contributed by atoms with van der Waals surface area (Å²) in [4.78, 5) is 2.06. The second-order valence-electron chi connectivity index (χ2n) is 5.21. The van der Waals surface area contributed by atoms with E-state index >= 15 is 0 Å². The highest BCUT2D eigenvalue weighted by Crippen LogP contribution is 2.03. The van der Waals surface area contributed by atoms with Crippen LogP contribution < -0.4 is 4.57 Å². The van der Waals surface area contributed by atoms with Crippen molar-refractivity contribution in [1.82, 2.24) is 4.90 Å². The number of aromatic nitrogens is 1. The third-order valence-electron chi connectivity index (χ3n) is 3.10. The van der Waals surface area contributed by atoms with Crippen molar-refractivity contribution in [1.29, 1.82) is 5.41 Å². The molecule has 0 aliphatic heterocycles. The molecule has 0 fully saturated rings. The van der Waals surface area contributed by atoms with Crippen molar-refractivity contribution in [3.8, 4) is 0 Å². The molecule has 1 aromatic heterocycles. The highest BCUT2D eigenvalue weighted by molar-refractivity contribution is 5.69. The third-order valence-corrected chi connectivity index (χ3v) is 3.10. The van der Waals surface area contributed by atoms with Gasteiger partial charge in [-0.2, -0.15) is 4.57 Å². The van der Waals surface area contributed by atoms with Gasteiger partial charge in [0.2, 0.25) is 6.67 Å². The van der Waals surface area contributed by atoms with Crippen LogP contribution in [0, 0.1) is 5.41 Å². The highest BCUT2D eigenvalue weighted by Gasteiger charge is 2.05. The van der Waals surface area contributed by atoms with Crippen molar-refractivity contribution < 1.29 is 9.30 Å². The third kappa shape index (κ3) is 7.93. The van der Waals surface area contributed by atoms with Crippen LogP contribution >= 0.6 is 0 Å². The quantitative estimate of drug-likeness (QED) is 0.170. The molecule has 0 radical (unpaired) electrons. The summed E-state index contributed by atoms with van der Waals surface area (Å²) in [6.45, 7) is 8.68. The zero-order valence-corrected chi connectivity index (χ0v) is 13.8. The minimum Gasteiger partial charge on any atom is -0.486 e. The summed E-state index contributed by atoms with van der Waals surface area (Å²) in [5.74, 6) is 0. The first-order valence-electron chi connectivity index (χ1n) is 7.55. The zero-order valence-electron chi connectivity index (χ0n) is 13.8. The second-order valence-corrected chi connectivity index (χ2v) is 5.21. The van der Waals surface area contributed by atoms with E-state index in [2.05, 4.69) is 47.2 Å². The molecule has 4 nitrogen and oxygen atoms in total. The molecule has 0 bridgehead atoms. The van der Waals surface area contributed by atoms with E-state index in [0.29, 0.717) is 6.73 Å². The average molecular weight is 312 g/mol. The van der Waals surface area contributed by atoms with Crippen LogP contribution in [0.3, 0.4) is 0 Å². The first-order valence-corrected chi connectivity index (χ1v) is 7.55. The van der Waals surface area contributed by atoms with Crippen LogP contribution in [0.2, 0.25) is 0 Å². The van der Waals surface area contributed by atoms with Gasteiger partial charge < -0.3 is 10.1 Å². The fourth-order valence-corrected chi connectivity index (χ4v) is 1.98. The fraction of sp³-hybridized carbons (Fsp3) is 0.263. The number of nitrogens with zero attached hydrogens (tertiary/aromatic N) is 2. The van der Waals surface area contributed by atoms with Crippen molar-refractivity contribution in [3.63, 3.8) is 0 Å². The molecule has 0 saturated carbocycles. The van der Waals surface area contributed by atoms with Crippen LogP contribution in [0.25, 0.3) is 0 Å². The first kappa shape index (κ1) is 18.6. The first-order chi connectivity index (χ1) is 11.2. The van der Waals surface area contributed by atoms with Gasteiger partial charge >= 0.3 is 0 Å². The maximum atomic E-state index is 7.10. The molecule has 1 aromatic rings. The van der Waals surface area contributed by atoms with E-state index < -0.39 is 0 Å². The Morgan fingerprint density at radius 1 is 1.30 bits per heavy atom. The molecule has 0 unspecified atom stereocenters. The van der Waals surface area contributed by atoms with E-state index in [0.717, 1.165) is 25.1 Å². The Bertz CT molecular complexity index is 558. The molecule has 1 rings (SSSR count). The number of pyridine rings is 1. The summed E-state index contributed by atoms with van der Waals surface area (Å²) in [6.07, 6.45) is 15.9. The number of allylic oxidation sites excluding steroid dienone is 5. The Morgan fingerprint density at radius 2 is 2.04 bits per heavy atom. The molecule has 23 heavy (non-hydrogen) atoms. The van der Waals surface area contributed by atoms with E-state index in [4.69, 9.17) is 10.1 Å². The van der Waals surface area contributed by atoms with Crippen molar-refractivity contribution in [2.75, 3.05) is 13.8 Å². The molecule has 0 amide bonds. The second kappa shape index (κ2) is 11.2. The highest BCUT2D eigenvalue weighted by atomic mass is 16.5. The Kier molecular flexibility index (Phi) is 9.01. The minimum absolute atomic E-state index is 0.490. The number of rotatable bonds is 11. The lowest BCUT2D eigenvalue weighted by molar-refractivity contribution is -0.715. The number of hydrogen-bond donors (Lipinski definition) is 1. The number of hydrogen-bond acceptors (Lipinski definition) is 3. The summed E-state index contributed by atoms with van der Waals surface area (Å²) in [7, 11) is 2.00. The van der Waals surface area contributed by atoms with Crippen LogP contribution in [0.4, 0.5) is 0 Å². The Labute approximate surface area is 139 Å². The number of ether oxygens (including phenoxy) is 1. The van der Waals surface area contributed by atoms with E-state index in [9.17, 15) is 0 Å². The van der Waals surface area contributed by atoms with Crippen LogP contribution in [-0.2, 0) is 17.8 Å². The Morgan fingerprint density at radius 3 is 2.65 bits per heavy atom. The van der Waals surface area contributed by atoms with E-state index in [1.165, 1.54) is 11.8 Å². The van der Waals surface area contributed by atoms with Crippen LogP contribution in [0.5, 0.6) is 0 Å². The minimum atomic E-state index is 0.490. The van der Waals surface area contributed by atoms with Crippen molar-refractivity contribution in [2.45, 2.75) is 19.5 Å².